The van der Waals surface area contributed by atoms with E-state index in [0.717, 1.165) is 25.8 Å². The number of esters is 1. The van der Waals surface area contributed by atoms with Gasteiger partial charge in [0.2, 0.25) is 0 Å². The molecule has 0 unspecified atom stereocenters. The molecule has 1 fully saturated rings. The molecule has 0 aromatic rings. The lowest BCUT2D eigenvalue weighted by Gasteiger charge is -2.21. The van der Waals surface area contributed by atoms with Gasteiger partial charge in [-0.1, -0.05) is 45.4 Å². The zero-order chi connectivity index (χ0) is 12.3. The van der Waals surface area contributed by atoms with Crippen LogP contribution in [-0.2, 0) is 9.53 Å². The van der Waals surface area contributed by atoms with Crippen molar-refractivity contribution >= 4 is 5.97 Å². The summed E-state index contributed by atoms with van der Waals surface area (Å²) >= 11 is 0. The fraction of sp³-hybridized carbons (Fsp3) is 0.929. The van der Waals surface area contributed by atoms with Gasteiger partial charge in [-0.3, -0.25) is 4.79 Å². The summed E-state index contributed by atoms with van der Waals surface area (Å²) in [6.07, 6.45) is 10.7. The molecule has 1 aliphatic heterocycles. The van der Waals surface area contributed by atoms with Crippen molar-refractivity contribution < 1.29 is 9.53 Å². The Kier molecular flexibility index (Phi) is 8.06. The van der Waals surface area contributed by atoms with Crippen molar-refractivity contribution in [3.63, 3.8) is 0 Å². The van der Waals surface area contributed by atoms with E-state index in [4.69, 9.17) is 4.74 Å². The maximum absolute atomic E-state index is 11.6. The topological polar surface area (TPSA) is 38.3 Å². The van der Waals surface area contributed by atoms with Gasteiger partial charge in [-0.15, -0.1) is 0 Å². The first-order valence-electron chi connectivity index (χ1n) is 7.24. The number of rotatable bonds is 8. The average Bonchev–Trinajstić information content (AvgIpc) is 2.38. The first kappa shape index (κ1) is 14.5. The molecule has 0 saturated carbocycles. The highest BCUT2D eigenvalue weighted by molar-refractivity contribution is 5.75. The number of piperidine rings is 1. The summed E-state index contributed by atoms with van der Waals surface area (Å²) in [4.78, 5) is 11.6. The van der Waals surface area contributed by atoms with Crippen molar-refractivity contribution in [3.8, 4) is 0 Å². The summed E-state index contributed by atoms with van der Waals surface area (Å²) in [5.41, 5.74) is 0. The Morgan fingerprint density at radius 2 is 1.94 bits per heavy atom. The number of ether oxygens (including phenoxy) is 1. The van der Waals surface area contributed by atoms with Crippen molar-refractivity contribution in [2.24, 2.45) is 0 Å². The molecule has 0 spiro atoms. The Balaban J connectivity index is 1.92. The Morgan fingerprint density at radius 3 is 2.65 bits per heavy atom. The minimum atomic E-state index is -0.0433. The van der Waals surface area contributed by atoms with Crippen LogP contribution in [0.15, 0.2) is 0 Å². The van der Waals surface area contributed by atoms with Gasteiger partial charge in [-0.2, -0.15) is 0 Å². The Morgan fingerprint density at radius 1 is 1.18 bits per heavy atom. The third kappa shape index (κ3) is 6.67. The van der Waals surface area contributed by atoms with Gasteiger partial charge < -0.3 is 10.1 Å². The number of hydrogen-bond donors (Lipinski definition) is 1. The summed E-state index contributed by atoms with van der Waals surface area (Å²) < 4.78 is 5.29. The number of carbonyl (C=O) groups excluding carboxylic acids is 1. The molecule has 0 amide bonds. The fourth-order valence-electron chi connectivity index (χ4n) is 2.21. The van der Waals surface area contributed by atoms with Crippen LogP contribution in [-0.4, -0.2) is 25.2 Å². The van der Waals surface area contributed by atoms with Gasteiger partial charge in [0.15, 0.2) is 0 Å². The van der Waals surface area contributed by atoms with Crippen molar-refractivity contribution in [2.45, 2.75) is 70.8 Å². The molecular formula is C14H27NO2. The van der Waals surface area contributed by atoms with Crippen LogP contribution in [0.1, 0.15) is 64.7 Å². The zero-order valence-electron chi connectivity index (χ0n) is 11.2. The first-order valence-corrected chi connectivity index (χ1v) is 7.24. The molecule has 1 saturated heterocycles. The first-order chi connectivity index (χ1) is 8.34. The van der Waals surface area contributed by atoms with Crippen molar-refractivity contribution in [1.82, 2.24) is 5.32 Å². The van der Waals surface area contributed by atoms with Crippen LogP contribution < -0.4 is 5.32 Å². The van der Waals surface area contributed by atoms with Crippen molar-refractivity contribution in [3.05, 3.63) is 0 Å². The molecule has 0 bridgehead atoms. The van der Waals surface area contributed by atoms with E-state index in [2.05, 4.69) is 12.2 Å². The average molecular weight is 241 g/mol. The molecule has 1 aliphatic rings. The standard InChI is InChI=1S/C14H27NO2/c1-2-3-4-5-6-9-12-17-14(16)13-10-7-8-11-15-13/h13,15H,2-12H2,1H3/t13-/m1/s1. The summed E-state index contributed by atoms with van der Waals surface area (Å²) in [5.74, 6) is -0.0433. The number of carbonyl (C=O) groups is 1. The van der Waals surface area contributed by atoms with Gasteiger partial charge in [-0.25, -0.2) is 0 Å². The summed E-state index contributed by atoms with van der Waals surface area (Å²) in [7, 11) is 0. The maximum Gasteiger partial charge on any atom is 0.323 e. The molecule has 1 rings (SSSR count). The fourth-order valence-corrected chi connectivity index (χ4v) is 2.21. The molecule has 0 radical (unpaired) electrons. The molecule has 100 valence electrons. The van der Waals surface area contributed by atoms with Crippen LogP contribution in [0.5, 0.6) is 0 Å². The summed E-state index contributed by atoms with van der Waals surface area (Å²) in [6.45, 7) is 3.78. The van der Waals surface area contributed by atoms with E-state index in [-0.39, 0.29) is 12.0 Å². The highest BCUT2D eigenvalue weighted by Gasteiger charge is 2.21. The Labute approximate surface area is 105 Å². The monoisotopic (exact) mass is 241 g/mol. The number of hydrogen-bond acceptors (Lipinski definition) is 3. The lowest BCUT2D eigenvalue weighted by atomic mass is 10.1. The lowest BCUT2D eigenvalue weighted by Crippen LogP contribution is -2.41. The van der Waals surface area contributed by atoms with E-state index in [0.29, 0.717) is 6.61 Å². The SMILES string of the molecule is CCCCCCCCOC(=O)[C@H]1CCCCN1. The van der Waals surface area contributed by atoms with Crippen LogP contribution >= 0.6 is 0 Å². The maximum atomic E-state index is 11.6. The van der Waals surface area contributed by atoms with Crippen molar-refractivity contribution in [2.75, 3.05) is 13.2 Å². The molecular weight excluding hydrogens is 214 g/mol. The second-order valence-electron chi connectivity index (χ2n) is 4.94. The molecule has 3 nitrogen and oxygen atoms in total. The molecule has 0 aromatic heterocycles. The van der Waals surface area contributed by atoms with Gasteiger partial charge in [0, 0.05) is 0 Å². The van der Waals surface area contributed by atoms with Gasteiger partial charge in [0.1, 0.15) is 6.04 Å². The molecule has 3 heteroatoms. The Hall–Kier alpha value is -0.570. The predicted molar refractivity (Wildman–Crippen MR) is 70.0 cm³/mol. The van der Waals surface area contributed by atoms with Crippen LogP contribution in [0, 0.1) is 0 Å². The van der Waals surface area contributed by atoms with Gasteiger partial charge in [-0.05, 0) is 25.8 Å². The van der Waals surface area contributed by atoms with E-state index in [9.17, 15) is 4.79 Å². The second kappa shape index (κ2) is 9.46. The van der Waals surface area contributed by atoms with Gasteiger partial charge >= 0.3 is 5.97 Å². The molecule has 0 aromatic carbocycles. The quantitative estimate of drug-likeness (QED) is 0.524. The third-order valence-corrected chi connectivity index (χ3v) is 3.34. The second-order valence-corrected chi connectivity index (χ2v) is 4.94. The zero-order valence-corrected chi connectivity index (χ0v) is 11.2. The Bertz CT molecular complexity index is 200. The number of nitrogens with one attached hydrogen (secondary N) is 1. The smallest absolute Gasteiger partial charge is 0.323 e. The van der Waals surface area contributed by atoms with Gasteiger partial charge in [0.25, 0.3) is 0 Å². The predicted octanol–water partition coefficient (Wildman–Crippen LogP) is 3.03. The summed E-state index contributed by atoms with van der Waals surface area (Å²) in [6, 6.07) is -0.0381. The molecule has 1 atom stereocenters. The van der Waals surface area contributed by atoms with Crippen LogP contribution in [0.4, 0.5) is 0 Å². The third-order valence-electron chi connectivity index (χ3n) is 3.34. The highest BCUT2D eigenvalue weighted by Crippen LogP contribution is 2.09. The van der Waals surface area contributed by atoms with E-state index >= 15 is 0 Å². The largest absolute Gasteiger partial charge is 0.465 e. The number of unbranched alkanes of at least 4 members (excludes halogenated alkanes) is 5. The molecule has 1 heterocycles. The van der Waals surface area contributed by atoms with Crippen LogP contribution in [0.3, 0.4) is 0 Å². The summed E-state index contributed by atoms with van der Waals surface area (Å²) in [5, 5.41) is 3.21. The van der Waals surface area contributed by atoms with E-state index in [1.165, 1.54) is 38.5 Å². The van der Waals surface area contributed by atoms with Crippen molar-refractivity contribution in [1.29, 1.82) is 0 Å². The minimum absolute atomic E-state index is 0.0381. The molecule has 1 N–H and O–H groups in total. The normalized spacial score (nSPS) is 20.2. The lowest BCUT2D eigenvalue weighted by molar-refractivity contribution is -0.146. The van der Waals surface area contributed by atoms with Crippen LogP contribution in [0.2, 0.25) is 0 Å². The molecule has 17 heavy (non-hydrogen) atoms. The van der Waals surface area contributed by atoms with E-state index in [1.807, 2.05) is 0 Å². The molecule has 0 aliphatic carbocycles. The van der Waals surface area contributed by atoms with Crippen LogP contribution in [0.25, 0.3) is 0 Å². The van der Waals surface area contributed by atoms with E-state index in [1.54, 1.807) is 0 Å². The van der Waals surface area contributed by atoms with Gasteiger partial charge in [0.05, 0.1) is 6.61 Å². The minimum Gasteiger partial charge on any atom is -0.465 e. The highest BCUT2D eigenvalue weighted by atomic mass is 16.5. The van der Waals surface area contributed by atoms with E-state index < -0.39 is 0 Å².